The molecule has 19 heavy (non-hydrogen) atoms. The molecule has 0 saturated heterocycles. The van der Waals surface area contributed by atoms with Gasteiger partial charge in [-0.25, -0.2) is 4.98 Å². The van der Waals surface area contributed by atoms with Crippen LogP contribution in [-0.4, -0.2) is 29.3 Å². The zero-order valence-corrected chi connectivity index (χ0v) is 13.1. The molecule has 0 radical (unpaired) electrons. The normalized spacial score (nSPS) is 11.7. The lowest BCUT2D eigenvalue weighted by molar-refractivity contribution is 0.102. The van der Waals surface area contributed by atoms with Crippen LogP contribution in [0.3, 0.4) is 0 Å². The lowest BCUT2D eigenvalue weighted by Crippen LogP contribution is -2.22. The summed E-state index contributed by atoms with van der Waals surface area (Å²) in [6.45, 7) is 15.2. The molecule has 0 amide bonds. The van der Waals surface area contributed by atoms with E-state index in [2.05, 4.69) is 42.6 Å². The first-order valence-corrected chi connectivity index (χ1v) is 7.30. The first kappa shape index (κ1) is 16.2. The fourth-order valence-electron chi connectivity index (χ4n) is 1.93. The van der Waals surface area contributed by atoms with Gasteiger partial charge in [0, 0.05) is 25.9 Å². The molecular formula is C15H29N3O. The van der Waals surface area contributed by atoms with Crippen LogP contribution in [0.5, 0.6) is 0 Å². The van der Waals surface area contributed by atoms with E-state index in [-0.39, 0.29) is 0 Å². The lowest BCUT2D eigenvalue weighted by atomic mass is 10.2. The van der Waals surface area contributed by atoms with Crippen LogP contribution >= 0.6 is 0 Å². The van der Waals surface area contributed by atoms with E-state index in [1.54, 1.807) is 0 Å². The lowest BCUT2D eigenvalue weighted by Gasteiger charge is -2.13. The van der Waals surface area contributed by atoms with E-state index < -0.39 is 0 Å². The summed E-state index contributed by atoms with van der Waals surface area (Å²) in [7, 11) is 0. The molecule has 1 aromatic rings. The number of rotatable bonds is 9. The monoisotopic (exact) mass is 267 g/mol. The molecule has 0 aliphatic rings. The Morgan fingerprint density at radius 1 is 1.26 bits per heavy atom. The van der Waals surface area contributed by atoms with Crippen LogP contribution in [0.25, 0.3) is 0 Å². The minimum atomic E-state index is 0.594. The highest BCUT2D eigenvalue weighted by atomic mass is 16.5. The van der Waals surface area contributed by atoms with Gasteiger partial charge in [-0.05, 0) is 25.3 Å². The van der Waals surface area contributed by atoms with E-state index in [1.807, 2.05) is 13.1 Å². The van der Waals surface area contributed by atoms with Gasteiger partial charge in [0.2, 0.25) is 0 Å². The predicted molar refractivity (Wildman–Crippen MR) is 79.2 cm³/mol. The van der Waals surface area contributed by atoms with Crippen molar-refractivity contribution in [2.75, 3.05) is 19.8 Å². The van der Waals surface area contributed by atoms with Crippen molar-refractivity contribution >= 4 is 0 Å². The molecule has 1 aromatic heterocycles. The second kappa shape index (κ2) is 8.33. The molecule has 1 rings (SSSR count). The zero-order chi connectivity index (χ0) is 14.3. The molecule has 0 aliphatic carbocycles. The van der Waals surface area contributed by atoms with Crippen LogP contribution in [0.1, 0.15) is 39.2 Å². The number of hydrogen-bond acceptors (Lipinski definition) is 3. The number of imidazole rings is 1. The fraction of sp³-hybridized carbons (Fsp3) is 0.800. The van der Waals surface area contributed by atoms with Crippen LogP contribution in [0.15, 0.2) is 6.20 Å². The molecule has 0 aliphatic heterocycles. The van der Waals surface area contributed by atoms with Gasteiger partial charge in [-0.3, -0.25) is 0 Å². The molecule has 0 aromatic carbocycles. The van der Waals surface area contributed by atoms with Crippen LogP contribution in [0.4, 0.5) is 0 Å². The van der Waals surface area contributed by atoms with Crippen molar-refractivity contribution in [3.05, 3.63) is 17.7 Å². The van der Waals surface area contributed by atoms with Gasteiger partial charge in [-0.2, -0.15) is 0 Å². The summed E-state index contributed by atoms with van der Waals surface area (Å²) in [6.07, 6.45) is 1.96. The average molecular weight is 267 g/mol. The third kappa shape index (κ3) is 6.21. The molecule has 0 unspecified atom stereocenters. The Balaban J connectivity index is 2.41. The number of aromatic nitrogens is 2. The Morgan fingerprint density at radius 2 is 2.00 bits per heavy atom. The van der Waals surface area contributed by atoms with Crippen LogP contribution in [-0.2, 0) is 17.8 Å². The molecule has 0 bridgehead atoms. The van der Waals surface area contributed by atoms with Crippen molar-refractivity contribution in [2.24, 2.45) is 11.8 Å². The SMILES string of the molecule is Cc1ncc(CNCC(C)C)n1CCOCC(C)C. The van der Waals surface area contributed by atoms with Gasteiger partial charge in [0.15, 0.2) is 0 Å². The highest BCUT2D eigenvalue weighted by Gasteiger charge is 2.06. The molecule has 4 nitrogen and oxygen atoms in total. The maximum atomic E-state index is 5.65. The molecule has 1 heterocycles. The van der Waals surface area contributed by atoms with Crippen LogP contribution in [0.2, 0.25) is 0 Å². The summed E-state index contributed by atoms with van der Waals surface area (Å²) in [6, 6.07) is 0. The van der Waals surface area contributed by atoms with Crippen molar-refractivity contribution in [3.8, 4) is 0 Å². The number of nitrogens with zero attached hydrogens (tertiary/aromatic N) is 2. The van der Waals surface area contributed by atoms with Gasteiger partial charge in [0.25, 0.3) is 0 Å². The number of hydrogen-bond donors (Lipinski definition) is 1. The van der Waals surface area contributed by atoms with E-state index in [0.29, 0.717) is 11.8 Å². The number of ether oxygens (including phenoxy) is 1. The van der Waals surface area contributed by atoms with Gasteiger partial charge in [-0.15, -0.1) is 0 Å². The van der Waals surface area contributed by atoms with Gasteiger partial charge < -0.3 is 14.6 Å². The number of nitrogens with one attached hydrogen (secondary N) is 1. The zero-order valence-electron chi connectivity index (χ0n) is 13.1. The number of aryl methyl sites for hydroxylation is 1. The standard InChI is InChI=1S/C15H29N3O/c1-12(2)8-16-9-15-10-17-14(5)18(15)6-7-19-11-13(3)4/h10,12-13,16H,6-9,11H2,1-5H3. The third-order valence-corrected chi connectivity index (χ3v) is 2.91. The van der Waals surface area contributed by atoms with Gasteiger partial charge in [0.05, 0.1) is 12.3 Å². The molecule has 0 spiro atoms. The molecule has 4 heteroatoms. The Bertz CT molecular complexity index is 358. The smallest absolute Gasteiger partial charge is 0.105 e. The minimum Gasteiger partial charge on any atom is -0.379 e. The summed E-state index contributed by atoms with van der Waals surface area (Å²) >= 11 is 0. The van der Waals surface area contributed by atoms with Gasteiger partial charge in [0.1, 0.15) is 5.82 Å². The summed E-state index contributed by atoms with van der Waals surface area (Å²) < 4.78 is 7.90. The second-order valence-corrected chi connectivity index (χ2v) is 5.94. The fourth-order valence-corrected chi connectivity index (χ4v) is 1.93. The Morgan fingerprint density at radius 3 is 2.63 bits per heavy atom. The highest BCUT2D eigenvalue weighted by molar-refractivity contribution is 5.04. The molecule has 0 saturated carbocycles. The van der Waals surface area contributed by atoms with E-state index in [1.165, 1.54) is 5.69 Å². The summed E-state index contributed by atoms with van der Waals surface area (Å²) in [5.41, 5.74) is 1.24. The van der Waals surface area contributed by atoms with E-state index in [4.69, 9.17) is 4.74 Å². The Kier molecular flexibility index (Phi) is 7.10. The first-order valence-electron chi connectivity index (χ1n) is 7.30. The molecular weight excluding hydrogens is 238 g/mol. The summed E-state index contributed by atoms with van der Waals surface area (Å²) in [5, 5.41) is 3.46. The van der Waals surface area contributed by atoms with Crippen molar-refractivity contribution in [1.82, 2.24) is 14.9 Å². The maximum Gasteiger partial charge on any atom is 0.105 e. The van der Waals surface area contributed by atoms with Crippen LogP contribution < -0.4 is 5.32 Å². The molecule has 1 N–H and O–H groups in total. The second-order valence-electron chi connectivity index (χ2n) is 5.94. The molecule has 110 valence electrons. The first-order chi connectivity index (χ1) is 9.00. The Labute approximate surface area is 117 Å². The topological polar surface area (TPSA) is 39.1 Å². The predicted octanol–water partition coefficient (Wildman–Crippen LogP) is 2.61. The van der Waals surface area contributed by atoms with Crippen molar-refractivity contribution in [3.63, 3.8) is 0 Å². The van der Waals surface area contributed by atoms with Gasteiger partial charge in [-0.1, -0.05) is 27.7 Å². The third-order valence-electron chi connectivity index (χ3n) is 2.91. The highest BCUT2D eigenvalue weighted by Crippen LogP contribution is 2.05. The average Bonchev–Trinajstić information content (AvgIpc) is 2.66. The largest absolute Gasteiger partial charge is 0.379 e. The van der Waals surface area contributed by atoms with E-state index in [9.17, 15) is 0 Å². The van der Waals surface area contributed by atoms with Gasteiger partial charge >= 0.3 is 0 Å². The van der Waals surface area contributed by atoms with Crippen molar-refractivity contribution in [2.45, 2.75) is 47.7 Å². The Hall–Kier alpha value is -0.870. The van der Waals surface area contributed by atoms with E-state index >= 15 is 0 Å². The van der Waals surface area contributed by atoms with Crippen LogP contribution in [0, 0.1) is 18.8 Å². The van der Waals surface area contributed by atoms with Crippen molar-refractivity contribution < 1.29 is 4.74 Å². The molecule has 0 fully saturated rings. The summed E-state index contributed by atoms with van der Waals surface area (Å²) in [5.74, 6) is 2.33. The quantitative estimate of drug-likeness (QED) is 0.699. The molecule has 0 atom stereocenters. The maximum absolute atomic E-state index is 5.65. The summed E-state index contributed by atoms with van der Waals surface area (Å²) in [4.78, 5) is 4.40. The van der Waals surface area contributed by atoms with Crippen molar-refractivity contribution in [1.29, 1.82) is 0 Å². The minimum absolute atomic E-state index is 0.594. The van der Waals surface area contributed by atoms with E-state index in [0.717, 1.165) is 38.7 Å².